The Kier molecular flexibility index (Phi) is 5.20. The van der Waals surface area contributed by atoms with Crippen LogP contribution in [0.3, 0.4) is 0 Å². The molecule has 1 aromatic carbocycles. The summed E-state index contributed by atoms with van der Waals surface area (Å²) in [5.74, 6) is 0.232. The maximum atomic E-state index is 13.9. The number of halogens is 2. The molecule has 27 heavy (non-hydrogen) atoms. The number of nitrogens with zero attached hydrogens (tertiary/aromatic N) is 4. The fourth-order valence-electron chi connectivity index (χ4n) is 2.96. The second-order valence-corrected chi connectivity index (χ2v) is 7.57. The fraction of sp³-hybridized carbons (Fsp3) is 0.278. The van der Waals surface area contributed by atoms with Crippen molar-refractivity contribution in [2.24, 2.45) is 0 Å². The minimum Gasteiger partial charge on any atom is -0.338 e. The van der Waals surface area contributed by atoms with Gasteiger partial charge >= 0.3 is 0 Å². The van der Waals surface area contributed by atoms with Crippen LogP contribution in [0.4, 0.5) is 4.39 Å². The molecule has 1 aliphatic heterocycles. The molecular formula is C18H16ClFN4O2S. The van der Waals surface area contributed by atoms with Crippen molar-refractivity contribution in [3.63, 3.8) is 0 Å². The highest BCUT2D eigenvalue weighted by Gasteiger charge is 2.25. The molecule has 0 atom stereocenters. The van der Waals surface area contributed by atoms with E-state index in [1.54, 1.807) is 16.2 Å². The topological polar surface area (TPSA) is 62.5 Å². The number of carbonyl (C=O) groups excluding carboxylic acids is 1. The molecule has 0 bridgehead atoms. The van der Waals surface area contributed by atoms with Gasteiger partial charge in [0.05, 0.1) is 17.0 Å². The number of thiophene rings is 1. The van der Waals surface area contributed by atoms with Crippen LogP contribution in [0.15, 0.2) is 40.2 Å². The predicted molar refractivity (Wildman–Crippen MR) is 100 cm³/mol. The summed E-state index contributed by atoms with van der Waals surface area (Å²) in [5, 5.41) is 6.31. The van der Waals surface area contributed by atoms with E-state index in [1.165, 1.54) is 18.2 Å². The summed E-state index contributed by atoms with van der Waals surface area (Å²) >= 11 is 7.44. The van der Waals surface area contributed by atoms with Crippen molar-refractivity contribution in [3.8, 4) is 10.7 Å². The lowest BCUT2D eigenvalue weighted by atomic mass is 10.1. The molecule has 1 fully saturated rings. The zero-order valence-electron chi connectivity index (χ0n) is 14.3. The SMILES string of the molecule is O=C(c1cc(Cl)ccc1F)N1CCN(Cc2nc(-c3cccs3)no2)CC1. The molecule has 4 rings (SSSR count). The lowest BCUT2D eigenvalue weighted by Crippen LogP contribution is -2.48. The molecule has 3 aromatic rings. The Morgan fingerprint density at radius 2 is 2.07 bits per heavy atom. The van der Waals surface area contributed by atoms with Crippen LogP contribution in [-0.2, 0) is 6.54 Å². The van der Waals surface area contributed by atoms with Crippen LogP contribution in [-0.4, -0.2) is 52.0 Å². The van der Waals surface area contributed by atoms with Gasteiger partial charge in [0.1, 0.15) is 5.82 Å². The van der Waals surface area contributed by atoms with E-state index in [0.717, 1.165) is 4.88 Å². The molecule has 0 radical (unpaired) electrons. The summed E-state index contributed by atoms with van der Waals surface area (Å²) < 4.78 is 19.2. The number of carbonyl (C=O) groups is 1. The summed E-state index contributed by atoms with van der Waals surface area (Å²) in [6.45, 7) is 2.80. The number of hydrogen-bond acceptors (Lipinski definition) is 6. The second kappa shape index (κ2) is 7.75. The van der Waals surface area contributed by atoms with E-state index in [4.69, 9.17) is 16.1 Å². The Morgan fingerprint density at radius 3 is 2.81 bits per heavy atom. The van der Waals surface area contributed by atoms with Gasteiger partial charge in [-0.3, -0.25) is 9.69 Å². The van der Waals surface area contributed by atoms with Crippen molar-refractivity contribution < 1.29 is 13.7 Å². The lowest BCUT2D eigenvalue weighted by Gasteiger charge is -2.34. The molecule has 1 amide bonds. The van der Waals surface area contributed by atoms with E-state index in [9.17, 15) is 9.18 Å². The standard InChI is InChI=1S/C18H16ClFN4O2S/c19-12-3-4-14(20)13(10-12)18(25)24-7-5-23(6-8-24)11-16-21-17(22-26-16)15-2-1-9-27-15/h1-4,9-10H,5-8,11H2. The third-order valence-corrected chi connectivity index (χ3v) is 5.49. The molecule has 3 heterocycles. The van der Waals surface area contributed by atoms with E-state index < -0.39 is 5.82 Å². The van der Waals surface area contributed by atoms with Gasteiger partial charge in [-0.1, -0.05) is 22.8 Å². The van der Waals surface area contributed by atoms with Gasteiger partial charge in [-0.25, -0.2) is 4.39 Å². The van der Waals surface area contributed by atoms with E-state index in [1.807, 2.05) is 17.5 Å². The van der Waals surface area contributed by atoms with Crippen LogP contribution in [0.25, 0.3) is 10.7 Å². The van der Waals surface area contributed by atoms with Gasteiger partial charge in [0.2, 0.25) is 11.7 Å². The van der Waals surface area contributed by atoms with Crippen LogP contribution < -0.4 is 0 Å². The van der Waals surface area contributed by atoms with Gasteiger partial charge in [-0.15, -0.1) is 11.3 Å². The molecule has 140 valence electrons. The van der Waals surface area contributed by atoms with Gasteiger partial charge in [0, 0.05) is 31.2 Å². The molecule has 2 aromatic heterocycles. The van der Waals surface area contributed by atoms with Crippen molar-refractivity contribution in [2.75, 3.05) is 26.2 Å². The number of piperazine rings is 1. The number of rotatable bonds is 4. The van der Waals surface area contributed by atoms with Gasteiger partial charge in [0.15, 0.2) is 0 Å². The van der Waals surface area contributed by atoms with Crippen molar-refractivity contribution in [1.29, 1.82) is 0 Å². The minimum absolute atomic E-state index is 0.00782. The Labute approximate surface area is 164 Å². The van der Waals surface area contributed by atoms with Crippen LogP contribution >= 0.6 is 22.9 Å². The largest absolute Gasteiger partial charge is 0.338 e. The third-order valence-electron chi connectivity index (χ3n) is 4.39. The number of hydrogen-bond donors (Lipinski definition) is 0. The van der Waals surface area contributed by atoms with Crippen LogP contribution in [0.5, 0.6) is 0 Å². The zero-order chi connectivity index (χ0) is 18.8. The fourth-order valence-corrected chi connectivity index (χ4v) is 3.78. The summed E-state index contributed by atoms with van der Waals surface area (Å²) in [4.78, 5) is 21.7. The molecule has 6 nitrogen and oxygen atoms in total. The molecule has 0 saturated carbocycles. The summed E-state index contributed by atoms with van der Waals surface area (Å²) in [5.41, 5.74) is 0.00782. The highest BCUT2D eigenvalue weighted by Crippen LogP contribution is 2.22. The van der Waals surface area contributed by atoms with E-state index in [0.29, 0.717) is 49.5 Å². The smallest absolute Gasteiger partial charge is 0.256 e. The third kappa shape index (κ3) is 4.02. The Morgan fingerprint density at radius 1 is 1.26 bits per heavy atom. The first kappa shape index (κ1) is 18.1. The van der Waals surface area contributed by atoms with E-state index in [-0.39, 0.29) is 11.5 Å². The maximum absolute atomic E-state index is 13.9. The van der Waals surface area contributed by atoms with Gasteiger partial charge in [0.25, 0.3) is 5.91 Å². The van der Waals surface area contributed by atoms with Crippen molar-refractivity contribution in [1.82, 2.24) is 19.9 Å². The first-order chi connectivity index (χ1) is 13.1. The first-order valence-electron chi connectivity index (χ1n) is 8.43. The van der Waals surface area contributed by atoms with E-state index >= 15 is 0 Å². The zero-order valence-corrected chi connectivity index (χ0v) is 15.8. The number of benzene rings is 1. The maximum Gasteiger partial charge on any atom is 0.256 e. The minimum atomic E-state index is -0.557. The average molecular weight is 407 g/mol. The lowest BCUT2D eigenvalue weighted by molar-refractivity contribution is 0.0610. The highest BCUT2D eigenvalue weighted by atomic mass is 35.5. The van der Waals surface area contributed by atoms with Crippen LogP contribution in [0.1, 0.15) is 16.2 Å². The molecule has 0 unspecified atom stereocenters. The summed E-state index contributed by atoms with van der Waals surface area (Å²) in [6, 6.07) is 7.90. The Balaban J connectivity index is 1.35. The van der Waals surface area contributed by atoms with E-state index in [2.05, 4.69) is 15.0 Å². The van der Waals surface area contributed by atoms with Crippen molar-refractivity contribution >= 4 is 28.8 Å². The number of aromatic nitrogens is 2. The molecular weight excluding hydrogens is 391 g/mol. The van der Waals surface area contributed by atoms with Gasteiger partial charge in [-0.2, -0.15) is 4.98 Å². The summed E-state index contributed by atoms with van der Waals surface area (Å²) in [6.07, 6.45) is 0. The van der Waals surface area contributed by atoms with Gasteiger partial charge in [-0.05, 0) is 29.6 Å². The molecule has 0 spiro atoms. The monoisotopic (exact) mass is 406 g/mol. The first-order valence-corrected chi connectivity index (χ1v) is 9.69. The quantitative estimate of drug-likeness (QED) is 0.663. The van der Waals surface area contributed by atoms with Crippen molar-refractivity contribution in [3.05, 3.63) is 58.0 Å². The molecule has 1 aliphatic rings. The molecule has 0 N–H and O–H groups in total. The molecule has 1 saturated heterocycles. The normalized spacial score (nSPS) is 15.3. The predicted octanol–water partition coefficient (Wildman–Crippen LogP) is 3.55. The average Bonchev–Trinajstić information content (AvgIpc) is 3.35. The Hall–Kier alpha value is -2.29. The van der Waals surface area contributed by atoms with Gasteiger partial charge < -0.3 is 9.42 Å². The molecule has 9 heteroatoms. The van der Waals surface area contributed by atoms with Crippen LogP contribution in [0, 0.1) is 5.82 Å². The Bertz CT molecular complexity index is 939. The highest BCUT2D eigenvalue weighted by molar-refractivity contribution is 7.13. The second-order valence-electron chi connectivity index (χ2n) is 6.18. The number of amides is 1. The molecule has 0 aliphatic carbocycles. The van der Waals surface area contributed by atoms with Crippen molar-refractivity contribution in [2.45, 2.75) is 6.54 Å². The summed E-state index contributed by atoms with van der Waals surface area (Å²) in [7, 11) is 0. The van der Waals surface area contributed by atoms with Crippen LogP contribution in [0.2, 0.25) is 5.02 Å².